The molecule has 1 atom stereocenters. The highest BCUT2D eigenvalue weighted by atomic mass is 32.2. The van der Waals surface area contributed by atoms with Crippen LogP contribution >= 0.6 is 23.1 Å². The van der Waals surface area contributed by atoms with Gasteiger partial charge in [-0.2, -0.15) is 0 Å². The zero-order chi connectivity index (χ0) is 17.8. The number of amides is 1. The monoisotopic (exact) mass is 376 g/mol. The van der Waals surface area contributed by atoms with Gasteiger partial charge >= 0.3 is 0 Å². The van der Waals surface area contributed by atoms with Gasteiger partial charge < -0.3 is 10.6 Å². The molecule has 1 saturated carbocycles. The predicted molar refractivity (Wildman–Crippen MR) is 105 cm³/mol. The second kappa shape index (κ2) is 8.19. The summed E-state index contributed by atoms with van der Waals surface area (Å²) in [5, 5.41) is 15.4. The largest absolute Gasteiger partial charge is 0.353 e. The van der Waals surface area contributed by atoms with E-state index in [9.17, 15) is 4.79 Å². The molecule has 2 N–H and O–H groups in total. The van der Waals surface area contributed by atoms with Crippen LogP contribution in [0.4, 0.5) is 10.8 Å². The molecule has 2 aromatic rings. The maximum absolute atomic E-state index is 12.0. The Morgan fingerprint density at radius 3 is 2.60 bits per heavy atom. The number of aromatic nitrogens is 2. The Labute approximate surface area is 157 Å². The number of benzene rings is 1. The Kier molecular flexibility index (Phi) is 5.96. The van der Waals surface area contributed by atoms with E-state index < -0.39 is 0 Å². The van der Waals surface area contributed by atoms with Gasteiger partial charge in [0.15, 0.2) is 4.34 Å². The van der Waals surface area contributed by atoms with E-state index in [2.05, 4.69) is 65.9 Å². The molecule has 1 aliphatic carbocycles. The second-order valence-corrected chi connectivity index (χ2v) is 8.96. The molecule has 0 saturated heterocycles. The Balaban J connectivity index is 1.47. The van der Waals surface area contributed by atoms with Crippen LogP contribution in [-0.2, 0) is 4.79 Å². The summed E-state index contributed by atoms with van der Waals surface area (Å²) >= 11 is 2.90. The van der Waals surface area contributed by atoms with Gasteiger partial charge in [0.05, 0.1) is 5.75 Å². The molecule has 0 spiro atoms. The molecule has 1 aromatic carbocycles. The SMILES string of the molecule is CC(C)c1ccc(Nc2nnc(SCC(=O)N[C@H](C)C3CC3)s2)cc1. The summed E-state index contributed by atoms with van der Waals surface area (Å²) in [5.41, 5.74) is 2.30. The van der Waals surface area contributed by atoms with Gasteiger partial charge in [0.2, 0.25) is 11.0 Å². The molecule has 1 aliphatic rings. The first kappa shape index (κ1) is 18.2. The summed E-state index contributed by atoms with van der Waals surface area (Å²) in [5.74, 6) is 1.65. The first-order valence-electron chi connectivity index (χ1n) is 8.64. The Morgan fingerprint density at radius 1 is 1.24 bits per heavy atom. The standard InChI is InChI=1S/C18H24N4OS2/c1-11(2)13-6-8-15(9-7-13)20-17-21-22-18(25-17)24-10-16(23)19-12(3)14-4-5-14/h6-9,11-12,14H,4-5,10H2,1-3H3,(H,19,23)(H,20,21)/t12-/m1/s1. The molecule has 7 heteroatoms. The lowest BCUT2D eigenvalue weighted by molar-refractivity contribution is -0.119. The minimum atomic E-state index is 0.0679. The number of hydrogen-bond donors (Lipinski definition) is 2. The van der Waals surface area contributed by atoms with Gasteiger partial charge in [-0.15, -0.1) is 10.2 Å². The molecular weight excluding hydrogens is 352 g/mol. The molecule has 1 fully saturated rings. The van der Waals surface area contributed by atoms with Gasteiger partial charge in [-0.1, -0.05) is 49.1 Å². The Morgan fingerprint density at radius 2 is 1.96 bits per heavy atom. The van der Waals surface area contributed by atoms with E-state index >= 15 is 0 Å². The molecule has 1 heterocycles. The van der Waals surface area contributed by atoms with Crippen molar-refractivity contribution in [3.05, 3.63) is 29.8 Å². The van der Waals surface area contributed by atoms with Crippen molar-refractivity contribution < 1.29 is 4.79 Å². The Hall–Kier alpha value is -1.60. The summed E-state index contributed by atoms with van der Waals surface area (Å²) in [6.45, 7) is 6.44. The van der Waals surface area contributed by atoms with Crippen molar-refractivity contribution in [3.8, 4) is 0 Å². The van der Waals surface area contributed by atoms with Crippen molar-refractivity contribution >= 4 is 39.8 Å². The normalized spacial score (nSPS) is 15.2. The van der Waals surface area contributed by atoms with E-state index in [0.717, 1.165) is 15.2 Å². The van der Waals surface area contributed by atoms with E-state index in [1.54, 1.807) is 0 Å². The fraction of sp³-hybridized carbons (Fsp3) is 0.500. The van der Waals surface area contributed by atoms with Gasteiger partial charge in [-0.25, -0.2) is 0 Å². The number of thioether (sulfide) groups is 1. The van der Waals surface area contributed by atoms with Gasteiger partial charge in [-0.05, 0) is 49.3 Å². The van der Waals surface area contributed by atoms with Crippen LogP contribution in [0.15, 0.2) is 28.6 Å². The number of hydrogen-bond acceptors (Lipinski definition) is 6. The fourth-order valence-electron chi connectivity index (χ4n) is 2.53. The number of carbonyl (C=O) groups excluding carboxylic acids is 1. The van der Waals surface area contributed by atoms with Gasteiger partial charge in [-0.3, -0.25) is 4.79 Å². The third kappa shape index (κ3) is 5.44. The molecule has 1 aromatic heterocycles. The van der Waals surface area contributed by atoms with Crippen LogP contribution in [0.2, 0.25) is 0 Å². The summed E-state index contributed by atoms with van der Waals surface area (Å²) < 4.78 is 0.801. The highest BCUT2D eigenvalue weighted by Crippen LogP contribution is 2.32. The number of rotatable bonds is 8. The van der Waals surface area contributed by atoms with Crippen LogP contribution in [0, 0.1) is 5.92 Å². The van der Waals surface area contributed by atoms with Crippen molar-refractivity contribution in [1.29, 1.82) is 0 Å². The van der Waals surface area contributed by atoms with Crippen LogP contribution in [0.1, 0.15) is 45.1 Å². The van der Waals surface area contributed by atoms with Crippen LogP contribution < -0.4 is 10.6 Å². The quantitative estimate of drug-likeness (QED) is 0.668. The van der Waals surface area contributed by atoms with Gasteiger partial charge in [0.1, 0.15) is 0 Å². The van der Waals surface area contributed by atoms with Gasteiger partial charge in [0.25, 0.3) is 0 Å². The average molecular weight is 377 g/mol. The van der Waals surface area contributed by atoms with E-state index in [0.29, 0.717) is 17.6 Å². The van der Waals surface area contributed by atoms with Crippen molar-refractivity contribution in [2.75, 3.05) is 11.1 Å². The Bertz CT molecular complexity index is 710. The lowest BCUT2D eigenvalue weighted by Crippen LogP contribution is -2.35. The lowest BCUT2D eigenvalue weighted by Gasteiger charge is -2.11. The third-order valence-electron chi connectivity index (χ3n) is 4.28. The number of nitrogens with zero attached hydrogens (tertiary/aromatic N) is 2. The number of anilines is 2. The summed E-state index contributed by atoms with van der Waals surface area (Å²) in [4.78, 5) is 12.0. The van der Waals surface area contributed by atoms with Crippen LogP contribution in [0.3, 0.4) is 0 Å². The van der Waals surface area contributed by atoms with E-state index in [-0.39, 0.29) is 11.9 Å². The molecule has 3 rings (SSSR count). The molecule has 0 bridgehead atoms. The van der Waals surface area contributed by atoms with Crippen LogP contribution in [-0.4, -0.2) is 27.9 Å². The predicted octanol–water partition coefficient (Wildman–Crippen LogP) is 4.41. The molecule has 25 heavy (non-hydrogen) atoms. The number of nitrogens with one attached hydrogen (secondary N) is 2. The van der Waals surface area contributed by atoms with Crippen molar-refractivity contribution in [2.24, 2.45) is 5.92 Å². The molecule has 134 valence electrons. The zero-order valence-electron chi connectivity index (χ0n) is 14.8. The lowest BCUT2D eigenvalue weighted by atomic mass is 10.0. The highest BCUT2D eigenvalue weighted by molar-refractivity contribution is 8.01. The highest BCUT2D eigenvalue weighted by Gasteiger charge is 2.28. The second-order valence-electron chi connectivity index (χ2n) is 6.76. The topological polar surface area (TPSA) is 66.9 Å². The van der Waals surface area contributed by atoms with Crippen LogP contribution in [0.25, 0.3) is 0 Å². The minimum absolute atomic E-state index is 0.0679. The summed E-state index contributed by atoms with van der Waals surface area (Å²) in [6.07, 6.45) is 2.47. The summed E-state index contributed by atoms with van der Waals surface area (Å²) in [7, 11) is 0. The molecular formula is C18H24N4OS2. The molecule has 0 radical (unpaired) electrons. The van der Waals surface area contributed by atoms with E-state index in [1.165, 1.54) is 41.5 Å². The van der Waals surface area contributed by atoms with E-state index in [1.807, 2.05) is 0 Å². The average Bonchev–Trinajstić information content (AvgIpc) is 3.35. The van der Waals surface area contributed by atoms with Crippen LogP contribution in [0.5, 0.6) is 0 Å². The fourth-order valence-corrected chi connectivity index (χ4v) is 4.11. The third-order valence-corrected chi connectivity index (χ3v) is 6.25. The van der Waals surface area contributed by atoms with Crippen molar-refractivity contribution in [2.45, 2.75) is 49.9 Å². The first-order valence-corrected chi connectivity index (χ1v) is 10.4. The first-order chi connectivity index (χ1) is 12.0. The van der Waals surface area contributed by atoms with Crippen molar-refractivity contribution in [1.82, 2.24) is 15.5 Å². The minimum Gasteiger partial charge on any atom is -0.353 e. The van der Waals surface area contributed by atoms with Gasteiger partial charge in [0, 0.05) is 11.7 Å². The molecule has 0 unspecified atom stereocenters. The van der Waals surface area contributed by atoms with Crippen molar-refractivity contribution in [3.63, 3.8) is 0 Å². The molecule has 5 nitrogen and oxygen atoms in total. The van der Waals surface area contributed by atoms with E-state index in [4.69, 9.17) is 0 Å². The maximum atomic E-state index is 12.0. The zero-order valence-corrected chi connectivity index (χ0v) is 16.4. The number of carbonyl (C=O) groups is 1. The summed E-state index contributed by atoms with van der Waals surface area (Å²) in [6, 6.07) is 8.63. The molecule has 1 amide bonds. The maximum Gasteiger partial charge on any atom is 0.230 e. The molecule has 0 aliphatic heterocycles. The smallest absolute Gasteiger partial charge is 0.230 e.